The first-order chi connectivity index (χ1) is 8.59. The van der Waals surface area contributed by atoms with Crippen molar-refractivity contribution < 1.29 is 14.7 Å². The highest BCUT2D eigenvalue weighted by molar-refractivity contribution is 5.74. The van der Waals surface area contributed by atoms with Crippen molar-refractivity contribution in [2.45, 2.75) is 41.0 Å². The summed E-state index contributed by atoms with van der Waals surface area (Å²) < 4.78 is 0. The predicted octanol–water partition coefficient (Wildman–Crippen LogP) is 2.08. The largest absolute Gasteiger partial charge is 0.481 e. The first-order valence-corrected chi connectivity index (χ1v) is 6.82. The van der Waals surface area contributed by atoms with Gasteiger partial charge in [-0.25, -0.2) is 4.79 Å². The summed E-state index contributed by atoms with van der Waals surface area (Å²) >= 11 is 0. The monoisotopic (exact) mass is 270 g/mol. The normalized spacial score (nSPS) is 21.5. The lowest BCUT2D eigenvalue weighted by molar-refractivity contribution is -0.137. The average Bonchev–Trinajstić information content (AvgIpc) is 2.63. The molecule has 0 aromatic heterocycles. The summed E-state index contributed by atoms with van der Waals surface area (Å²) in [5, 5.41) is 14.2. The Hall–Kier alpha value is -1.26. The van der Waals surface area contributed by atoms with Crippen molar-refractivity contribution in [2.75, 3.05) is 13.1 Å². The summed E-state index contributed by atoms with van der Waals surface area (Å²) in [6, 6.07) is -0.212. The number of carboxylic acids is 1. The molecule has 1 aliphatic rings. The first-order valence-electron chi connectivity index (χ1n) is 6.82. The van der Waals surface area contributed by atoms with Gasteiger partial charge >= 0.3 is 12.0 Å². The molecule has 1 aliphatic carbocycles. The first kappa shape index (κ1) is 15.8. The van der Waals surface area contributed by atoms with Crippen LogP contribution in [0.2, 0.25) is 0 Å². The van der Waals surface area contributed by atoms with Crippen LogP contribution < -0.4 is 10.6 Å². The molecule has 5 nitrogen and oxygen atoms in total. The Bertz CT molecular complexity index is 350. The average molecular weight is 270 g/mol. The molecule has 0 spiro atoms. The molecule has 110 valence electrons. The van der Waals surface area contributed by atoms with Crippen LogP contribution in [0.3, 0.4) is 0 Å². The highest BCUT2D eigenvalue weighted by Crippen LogP contribution is 2.67. The Morgan fingerprint density at radius 3 is 2.11 bits per heavy atom. The van der Waals surface area contributed by atoms with Crippen LogP contribution in [0.5, 0.6) is 0 Å². The topological polar surface area (TPSA) is 78.4 Å². The summed E-state index contributed by atoms with van der Waals surface area (Å²) in [4.78, 5) is 22.1. The smallest absolute Gasteiger partial charge is 0.314 e. The quantitative estimate of drug-likeness (QED) is 0.691. The number of carbonyl (C=O) groups is 2. The molecule has 0 aliphatic heterocycles. The molecule has 0 saturated heterocycles. The van der Waals surface area contributed by atoms with E-state index in [2.05, 4.69) is 38.3 Å². The van der Waals surface area contributed by atoms with Gasteiger partial charge in [-0.2, -0.15) is 0 Å². The summed E-state index contributed by atoms with van der Waals surface area (Å²) in [7, 11) is 0. The van der Waals surface area contributed by atoms with E-state index < -0.39 is 5.97 Å². The van der Waals surface area contributed by atoms with Gasteiger partial charge < -0.3 is 15.7 Å². The SMILES string of the molecule is CC(CNC(=O)NCC1C(C)(C)C1(C)C)CC(=O)O. The van der Waals surface area contributed by atoms with Crippen LogP contribution in [0.25, 0.3) is 0 Å². The Morgan fingerprint density at radius 2 is 1.68 bits per heavy atom. The maximum Gasteiger partial charge on any atom is 0.314 e. The summed E-state index contributed by atoms with van der Waals surface area (Å²) in [6.07, 6.45) is 0.0724. The molecule has 0 bridgehead atoms. The van der Waals surface area contributed by atoms with Crippen LogP contribution in [0.4, 0.5) is 4.79 Å². The molecule has 5 heteroatoms. The highest BCUT2D eigenvalue weighted by atomic mass is 16.4. The molecule has 2 amide bonds. The second kappa shape index (κ2) is 5.39. The maximum atomic E-state index is 11.6. The molecular weight excluding hydrogens is 244 g/mol. The third kappa shape index (κ3) is 3.61. The van der Waals surface area contributed by atoms with Gasteiger partial charge in [0, 0.05) is 19.5 Å². The molecule has 1 unspecified atom stereocenters. The molecule has 0 aromatic carbocycles. The molecule has 1 atom stereocenters. The van der Waals surface area contributed by atoms with Gasteiger partial charge in [0.1, 0.15) is 0 Å². The Labute approximate surface area is 115 Å². The van der Waals surface area contributed by atoms with Crippen LogP contribution in [0.1, 0.15) is 41.0 Å². The number of rotatable bonds is 6. The van der Waals surface area contributed by atoms with Gasteiger partial charge in [0.05, 0.1) is 0 Å². The lowest BCUT2D eigenvalue weighted by Gasteiger charge is -2.12. The second-order valence-electron chi connectivity index (χ2n) is 6.79. The summed E-state index contributed by atoms with van der Waals surface area (Å²) in [5.41, 5.74) is 0.522. The van der Waals surface area contributed by atoms with Crippen LogP contribution >= 0.6 is 0 Å². The van der Waals surface area contributed by atoms with Gasteiger partial charge in [-0.05, 0) is 22.7 Å². The lowest BCUT2D eigenvalue weighted by atomic mass is 10.0. The van der Waals surface area contributed by atoms with Crippen molar-refractivity contribution in [1.29, 1.82) is 0 Å². The van der Waals surface area contributed by atoms with E-state index in [0.717, 1.165) is 0 Å². The lowest BCUT2D eigenvalue weighted by Crippen LogP contribution is -2.39. The number of hydrogen-bond donors (Lipinski definition) is 3. The number of aliphatic carboxylic acids is 1. The van der Waals surface area contributed by atoms with Gasteiger partial charge in [-0.15, -0.1) is 0 Å². The van der Waals surface area contributed by atoms with E-state index in [1.165, 1.54) is 0 Å². The standard InChI is InChI=1S/C14H26N2O3/c1-9(6-11(17)18)7-15-12(19)16-8-10-13(2,3)14(10,4)5/h9-10H,6-8H2,1-5H3,(H,17,18)(H2,15,16,19). The minimum atomic E-state index is -0.837. The molecular formula is C14H26N2O3. The molecule has 0 aromatic rings. The fraction of sp³-hybridized carbons (Fsp3) is 0.857. The summed E-state index contributed by atoms with van der Waals surface area (Å²) in [5.74, 6) is -0.407. The molecule has 1 rings (SSSR count). The van der Waals surface area contributed by atoms with Gasteiger partial charge in [0.2, 0.25) is 0 Å². The zero-order valence-electron chi connectivity index (χ0n) is 12.5. The van der Waals surface area contributed by atoms with E-state index in [0.29, 0.717) is 19.0 Å². The van der Waals surface area contributed by atoms with Crippen molar-refractivity contribution in [3.63, 3.8) is 0 Å². The van der Waals surface area contributed by atoms with E-state index in [-0.39, 0.29) is 29.2 Å². The Balaban J connectivity index is 2.21. The third-order valence-corrected chi connectivity index (χ3v) is 4.92. The van der Waals surface area contributed by atoms with Crippen LogP contribution in [0.15, 0.2) is 0 Å². The fourth-order valence-electron chi connectivity index (χ4n) is 2.74. The van der Waals surface area contributed by atoms with Gasteiger partial charge in [0.25, 0.3) is 0 Å². The zero-order chi connectivity index (χ0) is 14.8. The molecule has 19 heavy (non-hydrogen) atoms. The van der Waals surface area contributed by atoms with E-state index in [1.807, 2.05) is 6.92 Å². The van der Waals surface area contributed by atoms with E-state index >= 15 is 0 Å². The molecule has 1 fully saturated rings. The fourth-order valence-corrected chi connectivity index (χ4v) is 2.74. The van der Waals surface area contributed by atoms with Crippen molar-refractivity contribution in [3.05, 3.63) is 0 Å². The Morgan fingerprint density at radius 1 is 1.16 bits per heavy atom. The number of hydrogen-bond acceptors (Lipinski definition) is 2. The zero-order valence-corrected chi connectivity index (χ0v) is 12.5. The number of carbonyl (C=O) groups excluding carboxylic acids is 1. The molecule has 0 heterocycles. The van der Waals surface area contributed by atoms with Crippen LogP contribution in [0, 0.1) is 22.7 Å². The van der Waals surface area contributed by atoms with Gasteiger partial charge in [-0.3, -0.25) is 4.79 Å². The third-order valence-electron chi connectivity index (χ3n) is 4.92. The van der Waals surface area contributed by atoms with Crippen molar-refractivity contribution in [1.82, 2.24) is 10.6 Å². The molecule has 3 N–H and O–H groups in total. The number of carboxylic acid groups (broad SMARTS) is 1. The van der Waals surface area contributed by atoms with Gasteiger partial charge in [-0.1, -0.05) is 34.6 Å². The van der Waals surface area contributed by atoms with E-state index in [4.69, 9.17) is 5.11 Å². The van der Waals surface area contributed by atoms with Crippen molar-refractivity contribution in [2.24, 2.45) is 22.7 Å². The van der Waals surface area contributed by atoms with E-state index in [9.17, 15) is 9.59 Å². The van der Waals surface area contributed by atoms with E-state index in [1.54, 1.807) is 0 Å². The minimum Gasteiger partial charge on any atom is -0.481 e. The Kier molecular flexibility index (Phi) is 4.48. The summed E-state index contributed by atoms with van der Waals surface area (Å²) in [6.45, 7) is 11.7. The van der Waals surface area contributed by atoms with Crippen LogP contribution in [-0.2, 0) is 4.79 Å². The molecule has 0 radical (unpaired) electrons. The number of amides is 2. The molecule has 1 saturated carbocycles. The number of nitrogens with one attached hydrogen (secondary N) is 2. The van der Waals surface area contributed by atoms with Gasteiger partial charge in [0.15, 0.2) is 0 Å². The second-order valence-corrected chi connectivity index (χ2v) is 6.79. The van der Waals surface area contributed by atoms with Crippen molar-refractivity contribution >= 4 is 12.0 Å². The number of urea groups is 1. The predicted molar refractivity (Wildman–Crippen MR) is 73.9 cm³/mol. The van der Waals surface area contributed by atoms with Crippen molar-refractivity contribution in [3.8, 4) is 0 Å². The highest BCUT2D eigenvalue weighted by Gasteiger charge is 2.64. The maximum absolute atomic E-state index is 11.6. The minimum absolute atomic E-state index is 0.0583. The van der Waals surface area contributed by atoms with Crippen LogP contribution in [-0.4, -0.2) is 30.2 Å².